The van der Waals surface area contributed by atoms with E-state index < -0.39 is 10.0 Å². The highest BCUT2D eigenvalue weighted by Crippen LogP contribution is 2.35. The Morgan fingerprint density at radius 1 is 1.29 bits per heavy atom. The summed E-state index contributed by atoms with van der Waals surface area (Å²) in [7, 11) is -1.48. The summed E-state index contributed by atoms with van der Waals surface area (Å²) < 4.78 is 32.0. The minimum absolute atomic E-state index is 0.207. The second-order valence-corrected chi connectivity index (χ2v) is 10.1. The van der Waals surface area contributed by atoms with Crippen molar-refractivity contribution in [2.24, 2.45) is 0 Å². The van der Waals surface area contributed by atoms with Crippen molar-refractivity contribution in [2.75, 3.05) is 49.8 Å². The molecule has 0 unspecified atom stereocenters. The van der Waals surface area contributed by atoms with Crippen molar-refractivity contribution in [3.8, 4) is 11.4 Å². The van der Waals surface area contributed by atoms with Crippen LogP contribution >= 0.6 is 11.3 Å². The van der Waals surface area contributed by atoms with E-state index in [2.05, 4.69) is 14.9 Å². The van der Waals surface area contributed by atoms with Gasteiger partial charge in [0.15, 0.2) is 11.6 Å². The van der Waals surface area contributed by atoms with Gasteiger partial charge in [0.2, 0.25) is 10.0 Å². The summed E-state index contributed by atoms with van der Waals surface area (Å²) in [6.45, 7) is 2.88. The van der Waals surface area contributed by atoms with Crippen LogP contribution in [0.2, 0.25) is 0 Å². The summed E-state index contributed by atoms with van der Waals surface area (Å²) in [6, 6.07) is 7.62. The zero-order chi connectivity index (χ0) is 22.0. The van der Waals surface area contributed by atoms with Crippen LogP contribution in [0.4, 0.5) is 11.5 Å². The number of ether oxygens (including phenoxy) is 1. The largest absolute Gasteiger partial charge is 0.388 e. The van der Waals surface area contributed by atoms with Gasteiger partial charge in [0.25, 0.3) is 0 Å². The van der Waals surface area contributed by atoms with Crippen molar-refractivity contribution >= 4 is 49.3 Å². The molecule has 11 heteroatoms. The third kappa shape index (κ3) is 4.69. The number of morpholine rings is 1. The predicted molar refractivity (Wildman–Crippen MR) is 125 cm³/mol. The quantitative estimate of drug-likeness (QED) is 0.463. The fraction of sp³-hybridized carbons (Fsp3) is 0.350. The molecule has 1 aliphatic rings. The number of nitrogens with zero attached hydrogens (tertiary/aromatic N) is 3. The van der Waals surface area contributed by atoms with Crippen molar-refractivity contribution < 1.29 is 13.2 Å². The van der Waals surface area contributed by atoms with Crippen LogP contribution in [0.5, 0.6) is 0 Å². The number of hydrogen-bond acceptors (Lipinski definition) is 9. The molecule has 1 aromatic carbocycles. The van der Waals surface area contributed by atoms with Gasteiger partial charge in [0, 0.05) is 54.6 Å². The van der Waals surface area contributed by atoms with E-state index in [1.54, 1.807) is 0 Å². The van der Waals surface area contributed by atoms with E-state index in [0.717, 1.165) is 38.4 Å². The van der Waals surface area contributed by atoms with Crippen LogP contribution in [-0.4, -0.2) is 64.2 Å². The molecule has 9 nitrogen and oxygen atoms in total. The Bertz CT molecular complexity index is 1220. The smallest absolute Gasteiger partial charge is 0.209 e. The average Bonchev–Trinajstić information content (AvgIpc) is 3.19. The normalized spacial score (nSPS) is 14.7. The van der Waals surface area contributed by atoms with Crippen molar-refractivity contribution in [1.29, 1.82) is 5.41 Å². The lowest BCUT2D eigenvalue weighted by Gasteiger charge is -2.28. The lowest BCUT2D eigenvalue weighted by atomic mass is 10.1. The standard InChI is InChI=1S/C20H24N6O3S2/c1-22-16-5-3-4-14(15(16)11-21)19-24-17-10-13(12-23-31(2,27)28)30-18(17)20(25-19)26-6-8-29-9-7-26/h3-5,10-11,21-23H,6-9,12H2,1-2H3. The topological polar surface area (TPSA) is 120 Å². The Kier molecular flexibility index (Phi) is 6.19. The molecular formula is C20H24N6O3S2. The summed E-state index contributed by atoms with van der Waals surface area (Å²) >= 11 is 1.49. The van der Waals surface area contributed by atoms with Gasteiger partial charge in [-0.3, -0.25) is 0 Å². The first-order chi connectivity index (χ1) is 14.9. The first kappa shape index (κ1) is 21.6. The zero-order valence-electron chi connectivity index (χ0n) is 17.3. The van der Waals surface area contributed by atoms with Gasteiger partial charge in [-0.2, -0.15) is 0 Å². The molecule has 31 heavy (non-hydrogen) atoms. The highest BCUT2D eigenvalue weighted by molar-refractivity contribution is 7.88. The second kappa shape index (κ2) is 8.87. The van der Waals surface area contributed by atoms with Gasteiger partial charge < -0.3 is 20.4 Å². The van der Waals surface area contributed by atoms with E-state index in [0.29, 0.717) is 37.7 Å². The number of aromatic nitrogens is 2. The van der Waals surface area contributed by atoms with Crippen molar-refractivity contribution in [3.63, 3.8) is 0 Å². The Labute approximate surface area is 185 Å². The van der Waals surface area contributed by atoms with E-state index in [9.17, 15) is 8.42 Å². The number of hydrogen-bond donors (Lipinski definition) is 3. The summed E-state index contributed by atoms with van der Waals surface area (Å²) in [5, 5.41) is 11.0. The maximum atomic E-state index is 11.5. The maximum Gasteiger partial charge on any atom is 0.209 e. The van der Waals surface area contributed by atoms with Crippen LogP contribution in [0.1, 0.15) is 10.4 Å². The second-order valence-electron chi connectivity index (χ2n) is 7.15. The van der Waals surface area contributed by atoms with Gasteiger partial charge in [0.1, 0.15) is 0 Å². The summed E-state index contributed by atoms with van der Waals surface area (Å²) in [6.07, 6.45) is 2.45. The SMILES string of the molecule is CNc1cccc(-c2nc(N3CCOCC3)c3sc(CNS(C)(=O)=O)cc3n2)c1C=N. The van der Waals surface area contributed by atoms with Gasteiger partial charge in [-0.25, -0.2) is 23.1 Å². The van der Waals surface area contributed by atoms with Gasteiger partial charge in [0.05, 0.1) is 29.7 Å². The highest BCUT2D eigenvalue weighted by atomic mass is 32.2. The molecule has 0 radical (unpaired) electrons. The molecular weight excluding hydrogens is 436 g/mol. The number of nitrogens with one attached hydrogen (secondary N) is 3. The molecule has 1 fully saturated rings. The summed E-state index contributed by atoms with van der Waals surface area (Å²) in [5.74, 6) is 1.34. The number of rotatable bonds is 7. The number of benzene rings is 1. The van der Waals surface area contributed by atoms with Gasteiger partial charge in [-0.05, 0) is 12.1 Å². The van der Waals surface area contributed by atoms with Crippen LogP contribution in [0.3, 0.4) is 0 Å². The molecule has 3 N–H and O–H groups in total. The van der Waals surface area contributed by atoms with Crippen LogP contribution in [0, 0.1) is 5.41 Å². The molecule has 164 valence electrons. The Hall–Kier alpha value is -2.60. The van der Waals surface area contributed by atoms with Crippen LogP contribution < -0.4 is 14.9 Å². The molecule has 1 saturated heterocycles. The first-order valence-corrected chi connectivity index (χ1v) is 12.5. The molecule has 1 aliphatic heterocycles. The Morgan fingerprint density at radius 2 is 2.06 bits per heavy atom. The Morgan fingerprint density at radius 3 is 2.74 bits per heavy atom. The monoisotopic (exact) mass is 460 g/mol. The minimum Gasteiger partial charge on any atom is -0.388 e. The highest BCUT2D eigenvalue weighted by Gasteiger charge is 2.21. The number of anilines is 2. The van der Waals surface area contributed by atoms with Crippen LogP contribution in [0.15, 0.2) is 24.3 Å². The molecule has 2 aromatic heterocycles. The summed E-state index contributed by atoms with van der Waals surface area (Å²) in [5.41, 5.74) is 3.06. The summed E-state index contributed by atoms with van der Waals surface area (Å²) in [4.78, 5) is 12.7. The Balaban J connectivity index is 1.86. The third-order valence-corrected chi connectivity index (χ3v) is 6.77. The number of fused-ring (bicyclic) bond motifs is 1. The fourth-order valence-corrected chi connectivity index (χ4v) is 5.06. The van der Waals surface area contributed by atoms with Crippen molar-refractivity contribution in [1.82, 2.24) is 14.7 Å². The molecule has 0 atom stereocenters. The van der Waals surface area contributed by atoms with E-state index in [4.69, 9.17) is 20.1 Å². The van der Waals surface area contributed by atoms with E-state index in [1.165, 1.54) is 17.6 Å². The first-order valence-electron chi connectivity index (χ1n) is 9.79. The number of sulfonamides is 1. The van der Waals surface area contributed by atoms with Crippen LogP contribution in [-0.2, 0) is 21.3 Å². The number of thiophene rings is 1. The molecule has 3 aromatic rings. The van der Waals surface area contributed by atoms with Crippen molar-refractivity contribution in [3.05, 3.63) is 34.7 Å². The zero-order valence-corrected chi connectivity index (χ0v) is 18.9. The maximum absolute atomic E-state index is 11.5. The van der Waals surface area contributed by atoms with Crippen molar-refractivity contribution in [2.45, 2.75) is 6.54 Å². The fourth-order valence-electron chi connectivity index (χ4n) is 3.50. The molecule has 0 spiro atoms. The molecule has 4 rings (SSSR count). The average molecular weight is 461 g/mol. The van der Waals surface area contributed by atoms with Gasteiger partial charge >= 0.3 is 0 Å². The van der Waals surface area contributed by atoms with Gasteiger partial charge in [-0.1, -0.05) is 12.1 Å². The molecule has 0 amide bonds. The minimum atomic E-state index is -3.30. The molecule has 0 bridgehead atoms. The lowest BCUT2D eigenvalue weighted by Crippen LogP contribution is -2.36. The van der Waals surface area contributed by atoms with E-state index in [-0.39, 0.29) is 6.54 Å². The van der Waals surface area contributed by atoms with E-state index >= 15 is 0 Å². The molecule has 3 heterocycles. The molecule has 0 aliphatic carbocycles. The predicted octanol–water partition coefficient (Wildman–Crippen LogP) is 2.28. The molecule has 0 saturated carbocycles. The van der Waals surface area contributed by atoms with Crippen LogP contribution in [0.25, 0.3) is 21.6 Å². The lowest BCUT2D eigenvalue weighted by molar-refractivity contribution is 0.122. The van der Waals surface area contributed by atoms with Gasteiger partial charge in [-0.15, -0.1) is 11.3 Å². The van der Waals surface area contributed by atoms with E-state index in [1.807, 2.05) is 31.3 Å². The third-order valence-electron chi connectivity index (χ3n) is 4.98.